The Hall–Kier alpha value is -1.22. The van der Waals surface area contributed by atoms with Crippen molar-refractivity contribution in [3.63, 3.8) is 0 Å². The van der Waals surface area contributed by atoms with Gasteiger partial charge < -0.3 is 22.3 Å². The number of carboxylic acid groups (broad SMARTS) is 1. The van der Waals surface area contributed by atoms with Crippen LogP contribution in [0.2, 0.25) is 0 Å². The van der Waals surface area contributed by atoms with Gasteiger partial charge in [0.1, 0.15) is 0 Å². The molecule has 0 aromatic heterocycles. The highest BCUT2D eigenvalue weighted by atomic mass is 16.5. The molecule has 0 aliphatic rings. The molecule has 0 saturated carbocycles. The molecule has 0 saturated heterocycles. The van der Waals surface area contributed by atoms with Crippen molar-refractivity contribution in [3.8, 4) is 0 Å². The topological polar surface area (TPSA) is 156 Å². The van der Waals surface area contributed by atoms with Gasteiger partial charge in [0, 0.05) is 0 Å². The molecular formula is C12H26N4O4. The lowest BCUT2D eigenvalue weighted by Crippen LogP contribution is -2.49. The van der Waals surface area contributed by atoms with Gasteiger partial charge in [-0.25, -0.2) is 9.86 Å². The summed E-state index contributed by atoms with van der Waals surface area (Å²) in [4.78, 5) is 22.9. The van der Waals surface area contributed by atoms with Crippen molar-refractivity contribution in [1.29, 1.82) is 0 Å². The molecule has 1 amide bonds. The summed E-state index contributed by atoms with van der Waals surface area (Å²) in [6, 6.07) is -2.20. The molecule has 8 heteroatoms. The van der Waals surface area contributed by atoms with Crippen molar-refractivity contribution < 1.29 is 19.9 Å². The van der Waals surface area contributed by atoms with E-state index in [2.05, 4.69) is 0 Å². The van der Waals surface area contributed by atoms with Crippen LogP contribution in [0.3, 0.4) is 0 Å². The van der Waals surface area contributed by atoms with Crippen LogP contribution < -0.4 is 17.2 Å². The van der Waals surface area contributed by atoms with Crippen LogP contribution in [0.4, 0.5) is 0 Å². The number of hydrogen-bond acceptors (Lipinski definition) is 6. The minimum absolute atomic E-state index is 0.143. The quantitative estimate of drug-likeness (QED) is 0.190. The zero-order valence-electron chi connectivity index (χ0n) is 11.7. The van der Waals surface area contributed by atoms with Gasteiger partial charge in [0.15, 0.2) is 6.04 Å². The number of hydroxylamine groups is 2. The maximum atomic E-state index is 11.8. The molecule has 0 fully saturated rings. The Morgan fingerprint density at radius 2 is 1.50 bits per heavy atom. The number of carbonyl (C=O) groups excluding carboxylic acids is 1. The lowest BCUT2D eigenvalue weighted by molar-refractivity contribution is -0.187. The normalized spacial score (nSPS) is 13.8. The van der Waals surface area contributed by atoms with Gasteiger partial charge in [-0.3, -0.25) is 10.0 Å². The molecule has 0 spiro atoms. The first-order chi connectivity index (χ1) is 9.45. The number of nitrogens with zero attached hydrogens (tertiary/aromatic N) is 1. The molecule has 8 N–H and O–H groups in total. The predicted molar refractivity (Wildman–Crippen MR) is 73.8 cm³/mol. The van der Waals surface area contributed by atoms with E-state index in [4.69, 9.17) is 22.3 Å². The number of carbonyl (C=O) groups is 2. The molecule has 118 valence electrons. The Morgan fingerprint density at radius 1 is 1.00 bits per heavy atom. The fraction of sp³-hybridized carbons (Fsp3) is 0.833. The maximum absolute atomic E-state index is 11.8. The average molecular weight is 290 g/mol. The molecule has 0 aliphatic carbocycles. The molecule has 0 aromatic carbocycles. The second kappa shape index (κ2) is 10.6. The minimum Gasteiger partial charge on any atom is -0.480 e. The molecule has 0 aliphatic heterocycles. The Kier molecular flexibility index (Phi) is 9.91. The van der Waals surface area contributed by atoms with Gasteiger partial charge in [0.25, 0.3) is 5.91 Å². The smallest absolute Gasteiger partial charge is 0.329 e. The summed E-state index contributed by atoms with van der Waals surface area (Å²) in [6.07, 6.45) is 3.04. The summed E-state index contributed by atoms with van der Waals surface area (Å²) in [7, 11) is 0. The first kappa shape index (κ1) is 18.8. The van der Waals surface area contributed by atoms with Gasteiger partial charge >= 0.3 is 5.97 Å². The van der Waals surface area contributed by atoms with E-state index < -0.39 is 24.0 Å². The van der Waals surface area contributed by atoms with Crippen LogP contribution in [0.15, 0.2) is 0 Å². The Bertz CT molecular complexity index is 301. The fourth-order valence-electron chi connectivity index (χ4n) is 1.79. The fourth-order valence-corrected chi connectivity index (χ4v) is 1.79. The first-order valence-electron chi connectivity index (χ1n) is 6.86. The van der Waals surface area contributed by atoms with E-state index in [0.717, 1.165) is 6.42 Å². The molecule has 0 rings (SSSR count). The lowest BCUT2D eigenvalue weighted by Gasteiger charge is -2.25. The largest absolute Gasteiger partial charge is 0.480 e. The second-order valence-electron chi connectivity index (χ2n) is 4.71. The third-order valence-electron chi connectivity index (χ3n) is 3.02. The number of hydrogen-bond donors (Lipinski definition) is 5. The van der Waals surface area contributed by atoms with Gasteiger partial charge in [-0.1, -0.05) is 6.42 Å². The zero-order chi connectivity index (χ0) is 15.5. The van der Waals surface area contributed by atoms with E-state index >= 15 is 0 Å². The monoisotopic (exact) mass is 290 g/mol. The zero-order valence-corrected chi connectivity index (χ0v) is 11.7. The van der Waals surface area contributed by atoms with Crippen molar-refractivity contribution >= 4 is 11.9 Å². The Morgan fingerprint density at radius 3 is 1.95 bits per heavy atom. The maximum Gasteiger partial charge on any atom is 0.329 e. The third kappa shape index (κ3) is 6.80. The highest BCUT2D eigenvalue weighted by molar-refractivity contribution is 5.85. The summed E-state index contributed by atoms with van der Waals surface area (Å²) in [5.74, 6) is -2.03. The molecular weight excluding hydrogens is 264 g/mol. The number of unbranched alkanes of at least 4 members (excludes halogenated alkanes) is 2. The molecule has 0 bridgehead atoms. The highest BCUT2D eigenvalue weighted by Crippen LogP contribution is 2.10. The predicted octanol–water partition coefficient (Wildman–Crippen LogP) is -0.757. The number of carboxylic acids is 1. The summed E-state index contributed by atoms with van der Waals surface area (Å²) in [5, 5.41) is 19.0. The molecule has 8 nitrogen and oxygen atoms in total. The van der Waals surface area contributed by atoms with Gasteiger partial charge in [-0.2, -0.15) is 0 Å². The molecule has 2 atom stereocenters. The van der Waals surface area contributed by atoms with Crippen LogP contribution in [-0.4, -0.2) is 52.4 Å². The molecule has 20 heavy (non-hydrogen) atoms. The second-order valence-corrected chi connectivity index (χ2v) is 4.71. The summed E-state index contributed by atoms with van der Waals surface area (Å²) < 4.78 is 0. The Balaban J connectivity index is 4.42. The van der Waals surface area contributed by atoms with Crippen molar-refractivity contribution in [3.05, 3.63) is 0 Å². The van der Waals surface area contributed by atoms with Gasteiger partial charge in [-0.05, 0) is 45.2 Å². The SMILES string of the molecule is NCCCCC(N)C(=O)N(O)C(CCCCN)C(=O)O. The summed E-state index contributed by atoms with van der Waals surface area (Å²) in [6.45, 7) is 0.935. The minimum atomic E-state index is -1.28. The van der Waals surface area contributed by atoms with Crippen molar-refractivity contribution in [2.75, 3.05) is 13.1 Å². The van der Waals surface area contributed by atoms with Crippen molar-refractivity contribution in [1.82, 2.24) is 5.06 Å². The summed E-state index contributed by atoms with van der Waals surface area (Å²) >= 11 is 0. The number of nitrogens with two attached hydrogens (primary N) is 3. The number of rotatable bonds is 11. The third-order valence-corrected chi connectivity index (χ3v) is 3.02. The van der Waals surface area contributed by atoms with E-state index in [9.17, 15) is 14.8 Å². The number of amides is 1. The van der Waals surface area contributed by atoms with Crippen LogP contribution in [0.1, 0.15) is 38.5 Å². The van der Waals surface area contributed by atoms with Crippen LogP contribution in [0, 0.1) is 0 Å². The van der Waals surface area contributed by atoms with E-state index in [1.807, 2.05) is 0 Å². The van der Waals surface area contributed by atoms with E-state index in [0.29, 0.717) is 38.8 Å². The van der Waals surface area contributed by atoms with Crippen LogP contribution >= 0.6 is 0 Å². The molecule has 2 unspecified atom stereocenters. The van der Waals surface area contributed by atoms with Gasteiger partial charge in [-0.15, -0.1) is 0 Å². The molecule has 0 radical (unpaired) electrons. The van der Waals surface area contributed by atoms with Gasteiger partial charge in [0.2, 0.25) is 0 Å². The number of aliphatic carboxylic acids is 1. The van der Waals surface area contributed by atoms with Crippen LogP contribution in [-0.2, 0) is 9.59 Å². The standard InChI is InChI=1S/C12H26N4O4/c13-7-3-1-5-9(15)11(17)16(20)10(12(18)19)6-2-4-8-14/h9-10,20H,1-8,13-15H2,(H,18,19). The average Bonchev–Trinajstić information content (AvgIpc) is 2.41. The summed E-state index contributed by atoms with van der Waals surface area (Å²) in [5.41, 5.74) is 16.3. The highest BCUT2D eigenvalue weighted by Gasteiger charge is 2.30. The Labute approximate surface area is 118 Å². The van der Waals surface area contributed by atoms with Crippen LogP contribution in [0.5, 0.6) is 0 Å². The first-order valence-corrected chi connectivity index (χ1v) is 6.86. The van der Waals surface area contributed by atoms with Crippen molar-refractivity contribution in [2.45, 2.75) is 50.6 Å². The lowest BCUT2D eigenvalue weighted by atomic mass is 10.1. The van der Waals surface area contributed by atoms with E-state index in [1.165, 1.54) is 0 Å². The van der Waals surface area contributed by atoms with Crippen molar-refractivity contribution in [2.24, 2.45) is 17.2 Å². The van der Waals surface area contributed by atoms with E-state index in [-0.39, 0.29) is 11.5 Å². The van der Waals surface area contributed by atoms with Gasteiger partial charge in [0.05, 0.1) is 6.04 Å². The van der Waals surface area contributed by atoms with Crippen LogP contribution in [0.25, 0.3) is 0 Å². The molecule has 0 aromatic rings. The van der Waals surface area contributed by atoms with E-state index in [1.54, 1.807) is 0 Å². The molecule has 0 heterocycles.